The number of carbonyl (C=O) groups excluding carboxylic acids is 2. The number of aromatic nitrogens is 1. The van der Waals surface area contributed by atoms with Gasteiger partial charge in [0.05, 0.1) is 12.1 Å². The Balaban J connectivity index is 1.88. The maximum absolute atomic E-state index is 12.2. The molecule has 0 spiro atoms. The van der Waals surface area contributed by atoms with Crippen LogP contribution in [0.4, 0.5) is 0 Å². The third kappa shape index (κ3) is 5.32. The number of fused-ring (bicyclic) bond motifs is 1. The molecule has 8 heteroatoms. The molecule has 0 radical (unpaired) electrons. The minimum atomic E-state index is -0.737. The first kappa shape index (κ1) is 18.5. The number of rotatable bonds is 9. The highest BCUT2D eigenvalue weighted by atomic mass is 16.2. The number of aliphatic imine (C=N–C) groups is 1. The molecule has 8 nitrogen and oxygen atoms in total. The van der Waals surface area contributed by atoms with Crippen molar-refractivity contribution >= 4 is 29.1 Å². The Morgan fingerprint density at radius 3 is 2.80 bits per heavy atom. The second kappa shape index (κ2) is 8.84. The second-order valence-electron chi connectivity index (χ2n) is 5.87. The molecule has 2 rings (SSSR count). The zero-order chi connectivity index (χ0) is 18.2. The zero-order valence-corrected chi connectivity index (χ0v) is 13.9. The standard InChI is InChI=1S/C17H24N6O2/c18-14(8-11-9-22-15-6-2-1-5-13(11)15)16(25)23-12(10-24)4-3-7-21-17(19)20/h1-2,5-6,9-10,12,14,22H,3-4,7-8,18H2,(H,23,25)(H4,19,20,21)/t12-,14-/m0/s1. The van der Waals surface area contributed by atoms with E-state index >= 15 is 0 Å². The van der Waals surface area contributed by atoms with Crippen molar-refractivity contribution in [3.8, 4) is 0 Å². The summed E-state index contributed by atoms with van der Waals surface area (Å²) >= 11 is 0. The fraction of sp³-hybridized carbons (Fsp3) is 0.353. The molecule has 0 bridgehead atoms. The lowest BCUT2D eigenvalue weighted by atomic mass is 10.0. The van der Waals surface area contributed by atoms with Gasteiger partial charge in [0, 0.05) is 23.6 Å². The lowest BCUT2D eigenvalue weighted by Crippen LogP contribution is -2.47. The van der Waals surface area contributed by atoms with Crippen LogP contribution in [0, 0.1) is 0 Å². The highest BCUT2D eigenvalue weighted by molar-refractivity contribution is 5.87. The smallest absolute Gasteiger partial charge is 0.237 e. The van der Waals surface area contributed by atoms with Gasteiger partial charge in [-0.05, 0) is 30.9 Å². The average Bonchev–Trinajstić information content (AvgIpc) is 3.00. The van der Waals surface area contributed by atoms with E-state index < -0.39 is 12.1 Å². The Hall–Kier alpha value is -2.87. The van der Waals surface area contributed by atoms with Crippen LogP contribution in [0.25, 0.3) is 10.9 Å². The second-order valence-corrected chi connectivity index (χ2v) is 5.87. The SMILES string of the molecule is NC(N)=NCCC[C@@H](C=O)NC(=O)[C@@H](N)Cc1c[nH]c2ccccc12. The number of hydrogen-bond acceptors (Lipinski definition) is 4. The third-order valence-corrected chi connectivity index (χ3v) is 3.91. The van der Waals surface area contributed by atoms with Crippen LogP contribution in [0.5, 0.6) is 0 Å². The topological polar surface area (TPSA) is 152 Å². The molecular formula is C17H24N6O2. The Morgan fingerprint density at radius 2 is 2.08 bits per heavy atom. The van der Waals surface area contributed by atoms with E-state index in [9.17, 15) is 9.59 Å². The quantitative estimate of drug-likeness (QED) is 0.184. The predicted octanol–water partition coefficient (Wildman–Crippen LogP) is -0.225. The van der Waals surface area contributed by atoms with E-state index in [1.807, 2.05) is 30.5 Å². The van der Waals surface area contributed by atoms with Crippen molar-refractivity contribution in [1.29, 1.82) is 0 Å². The summed E-state index contributed by atoms with van der Waals surface area (Å²) in [5.74, 6) is -0.350. The van der Waals surface area contributed by atoms with Crippen molar-refractivity contribution < 1.29 is 9.59 Å². The molecule has 1 aromatic heterocycles. The Morgan fingerprint density at radius 1 is 1.32 bits per heavy atom. The van der Waals surface area contributed by atoms with Crippen LogP contribution in [0.2, 0.25) is 0 Å². The van der Waals surface area contributed by atoms with Crippen molar-refractivity contribution in [2.75, 3.05) is 6.54 Å². The number of H-pyrrole nitrogens is 1. The van der Waals surface area contributed by atoms with Crippen LogP contribution >= 0.6 is 0 Å². The summed E-state index contributed by atoms with van der Waals surface area (Å²) in [7, 11) is 0. The summed E-state index contributed by atoms with van der Waals surface area (Å²) in [4.78, 5) is 30.4. The summed E-state index contributed by atoms with van der Waals surface area (Å²) in [6.07, 6.45) is 3.97. The average molecular weight is 344 g/mol. The molecule has 8 N–H and O–H groups in total. The zero-order valence-electron chi connectivity index (χ0n) is 13.9. The number of benzene rings is 1. The molecule has 0 unspecified atom stereocenters. The largest absolute Gasteiger partial charge is 0.370 e. The molecule has 0 saturated carbocycles. The van der Waals surface area contributed by atoms with Gasteiger partial charge in [0.15, 0.2) is 5.96 Å². The molecule has 1 aromatic carbocycles. The molecule has 1 amide bonds. The highest BCUT2D eigenvalue weighted by Crippen LogP contribution is 2.18. The number of guanidine groups is 1. The van der Waals surface area contributed by atoms with Gasteiger partial charge in [0.2, 0.25) is 5.91 Å². The first-order chi connectivity index (χ1) is 12.0. The maximum atomic E-state index is 12.2. The van der Waals surface area contributed by atoms with Gasteiger partial charge in [0.25, 0.3) is 0 Å². The Bertz CT molecular complexity index is 750. The number of carbonyl (C=O) groups is 2. The lowest BCUT2D eigenvalue weighted by Gasteiger charge is -2.16. The number of nitrogens with two attached hydrogens (primary N) is 3. The van der Waals surface area contributed by atoms with Crippen LogP contribution in [-0.4, -0.2) is 41.8 Å². The number of amides is 1. The van der Waals surface area contributed by atoms with Gasteiger partial charge in [0.1, 0.15) is 6.29 Å². The van der Waals surface area contributed by atoms with Crippen molar-refractivity contribution in [2.24, 2.45) is 22.2 Å². The number of hydrogen-bond donors (Lipinski definition) is 5. The van der Waals surface area contributed by atoms with Crippen molar-refractivity contribution in [3.05, 3.63) is 36.0 Å². The van der Waals surface area contributed by atoms with Gasteiger partial charge >= 0.3 is 0 Å². The fourth-order valence-electron chi connectivity index (χ4n) is 2.61. The third-order valence-electron chi connectivity index (χ3n) is 3.91. The maximum Gasteiger partial charge on any atom is 0.237 e. The number of aromatic amines is 1. The molecular weight excluding hydrogens is 320 g/mol. The van der Waals surface area contributed by atoms with Crippen LogP contribution < -0.4 is 22.5 Å². The van der Waals surface area contributed by atoms with Gasteiger partial charge in [-0.15, -0.1) is 0 Å². The molecule has 134 valence electrons. The van der Waals surface area contributed by atoms with Gasteiger partial charge < -0.3 is 32.3 Å². The van der Waals surface area contributed by atoms with Gasteiger partial charge in [-0.2, -0.15) is 0 Å². The van der Waals surface area contributed by atoms with E-state index in [1.54, 1.807) is 0 Å². The van der Waals surface area contributed by atoms with Crippen LogP contribution in [-0.2, 0) is 16.0 Å². The van der Waals surface area contributed by atoms with E-state index in [4.69, 9.17) is 17.2 Å². The molecule has 2 aromatic rings. The van der Waals surface area contributed by atoms with E-state index in [0.29, 0.717) is 32.1 Å². The number of nitrogens with one attached hydrogen (secondary N) is 2. The summed E-state index contributed by atoms with van der Waals surface area (Å²) in [5.41, 5.74) is 18.4. The molecule has 0 saturated heterocycles. The van der Waals surface area contributed by atoms with Crippen LogP contribution in [0.3, 0.4) is 0 Å². The number of nitrogens with zero attached hydrogens (tertiary/aromatic N) is 1. The highest BCUT2D eigenvalue weighted by Gasteiger charge is 2.19. The van der Waals surface area contributed by atoms with Crippen molar-refractivity contribution in [3.63, 3.8) is 0 Å². The monoisotopic (exact) mass is 344 g/mol. The summed E-state index contributed by atoms with van der Waals surface area (Å²) in [6.45, 7) is 0.407. The fourth-order valence-corrected chi connectivity index (χ4v) is 2.61. The lowest BCUT2D eigenvalue weighted by molar-refractivity contribution is -0.125. The summed E-state index contributed by atoms with van der Waals surface area (Å²) in [5, 5.41) is 3.70. The molecule has 0 aliphatic rings. The molecule has 0 fully saturated rings. The van der Waals surface area contributed by atoms with E-state index in [0.717, 1.165) is 16.5 Å². The van der Waals surface area contributed by atoms with Crippen LogP contribution in [0.15, 0.2) is 35.5 Å². The molecule has 1 heterocycles. The first-order valence-electron chi connectivity index (χ1n) is 8.13. The van der Waals surface area contributed by atoms with Crippen molar-refractivity contribution in [2.45, 2.75) is 31.3 Å². The van der Waals surface area contributed by atoms with Gasteiger partial charge in [-0.1, -0.05) is 18.2 Å². The van der Waals surface area contributed by atoms with E-state index in [2.05, 4.69) is 15.3 Å². The Kier molecular flexibility index (Phi) is 6.53. The van der Waals surface area contributed by atoms with Crippen LogP contribution in [0.1, 0.15) is 18.4 Å². The normalized spacial score (nSPS) is 13.2. The van der Waals surface area contributed by atoms with E-state index in [1.165, 1.54) is 0 Å². The first-order valence-corrected chi connectivity index (χ1v) is 8.13. The van der Waals surface area contributed by atoms with E-state index in [-0.39, 0.29) is 11.9 Å². The van der Waals surface area contributed by atoms with Gasteiger partial charge in [-0.3, -0.25) is 9.79 Å². The minimum Gasteiger partial charge on any atom is -0.370 e. The van der Waals surface area contributed by atoms with Crippen molar-refractivity contribution in [1.82, 2.24) is 10.3 Å². The Labute approximate surface area is 145 Å². The molecule has 2 atom stereocenters. The minimum absolute atomic E-state index is 0.00689. The molecule has 25 heavy (non-hydrogen) atoms. The summed E-state index contributed by atoms with van der Waals surface area (Å²) in [6, 6.07) is 6.47. The predicted molar refractivity (Wildman–Crippen MR) is 97.9 cm³/mol. The van der Waals surface area contributed by atoms with Gasteiger partial charge in [-0.25, -0.2) is 0 Å². The summed E-state index contributed by atoms with van der Waals surface area (Å²) < 4.78 is 0. The molecule has 0 aliphatic heterocycles. The number of aldehydes is 1. The number of para-hydroxylation sites is 1. The molecule has 0 aliphatic carbocycles.